The van der Waals surface area contributed by atoms with Crippen molar-refractivity contribution in [1.29, 1.82) is 0 Å². The summed E-state index contributed by atoms with van der Waals surface area (Å²) >= 11 is 0. The molecule has 0 rings (SSSR count). The van der Waals surface area contributed by atoms with Crippen molar-refractivity contribution < 1.29 is 77.4 Å². The van der Waals surface area contributed by atoms with Gasteiger partial charge in [-0.25, -0.2) is 8.42 Å². The minimum absolute atomic E-state index is 0. The zero-order valence-electron chi connectivity index (χ0n) is 9.32. The van der Waals surface area contributed by atoms with Crippen molar-refractivity contribution >= 4 is 16.7 Å². The van der Waals surface area contributed by atoms with Crippen molar-refractivity contribution in [3.8, 4) is 0 Å². The molecule has 12 heteroatoms. The second-order valence-electron chi connectivity index (χ2n) is 2.79. The first-order valence-electron chi connectivity index (χ1n) is 4.01. The van der Waals surface area contributed by atoms with Crippen LogP contribution < -0.4 is 29.6 Å². The van der Waals surface area contributed by atoms with Gasteiger partial charge < -0.3 is 34.9 Å². The van der Waals surface area contributed by atoms with Gasteiger partial charge >= 0.3 is 29.6 Å². The number of carbonyl (C=O) groups is 1. The summed E-state index contributed by atoms with van der Waals surface area (Å²) in [6.45, 7) is -0.760. The predicted octanol–water partition coefficient (Wildman–Crippen LogP) is -7.37. The Morgan fingerprint density at radius 2 is 1.44 bits per heavy atom. The van der Waals surface area contributed by atoms with Crippen LogP contribution in [-0.4, -0.2) is 80.4 Å². The van der Waals surface area contributed by atoms with Gasteiger partial charge in [0.1, 0.15) is 24.4 Å². The van der Waals surface area contributed by atoms with Gasteiger partial charge in [-0.3, -0.25) is 4.55 Å². The number of carbonyl (C=O) groups excluding carboxylic acids is 1. The molecule has 0 amide bonds. The Balaban J connectivity index is -0.000000321. The predicted molar refractivity (Wildman–Crippen MR) is 49.5 cm³/mol. The monoisotopic (exact) mass is 300 g/mol. The van der Waals surface area contributed by atoms with Crippen LogP contribution in [0.3, 0.4) is 0 Å². The van der Waals surface area contributed by atoms with Gasteiger partial charge in [-0.15, -0.1) is 0 Å². The summed E-state index contributed by atoms with van der Waals surface area (Å²) < 4.78 is 32.8. The summed E-state index contributed by atoms with van der Waals surface area (Å²) in [5.74, 6) is 0. The smallest absolute Gasteiger partial charge is 0.726 e. The molecule has 0 heterocycles. The fraction of sp³-hybridized carbons (Fsp3) is 0.833. The van der Waals surface area contributed by atoms with Crippen molar-refractivity contribution in [2.45, 2.75) is 24.4 Å². The quantitative estimate of drug-likeness (QED) is 0.123. The standard InChI is InChI=1S/C6H12O6.Na.H2O4S/c7-1-3(9)5(11)6(12)4(10)2-8;;1-5(2,3)4/h1,3-6,8-12H,2H2;;(H2,1,2,3,4)/q;+1;/p-1/t3-,4+,5+,6+;;/m0../s1. The summed E-state index contributed by atoms with van der Waals surface area (Å²) in [6.07, 6.45) is -6.84. The number of aldehydes is 1. The SMILES string of the molecule is O=C[C@H](O)[C@@H](O)[C@H](O)[C@H](O)CO.O=S(=O)([O-])O.[Na+]. The van der Waals surface area contributed by atoms with Gasteiger partial charge in [-0.1, -0.05) is 0 Å². The van der Waals surface area contributed by atoms with Gasteiger partial charge in [0.25, 0.3) is 0 Å². The van der Waals surface area contributed by atoms with Crippen LogP contribution in [-0.2, 0) is 15.2 Å². The normalized spacial score (nSPS) is 17.3. The molecule has 0 aromatic carbocycles. The molecule has 4 atom stereocenters. The minimum atomic E-state index is -4.92. The molecule has 0 fully saturated rings. The van der Waals surface area contributed by atoms with Crippen molar-refractivity contribution in [3.63, 3.8) is 0 Å². The van der Waals surface area contributed by atoms with Crippen molar-refractivity contribution in [2.24, 2.45) is 0 Å². The molecule has 0 bridgehead atoms. The second-order valence-corrected chi connectivity index (χ2v) is 3.64. The number of hydrogen-bond acceptors (Lipinski definition) is 9. The van der Waals surface area contributed by atoms with Crippen LogP contribution in [0, 0.1) is 0 Å². The fourth-order valence-electron chi connectivity index (χ4n) is 0.618. The summed E-state index contributed by atoms with van der Waals surface area (Å²) in [5.41, 5.74) is 0. The van der Waals surface area contributed by atoms with E-state index in [9.17, 15) is 4.79 Å². The average Bonchev–Trinajstić information content (AvgIpc) is 2.22. The topological polar surface area (TPSA) is 196 Å². The van der Waals surface area contributed by atoms with E-state index in [0.29, 0.717) is 0 Å². The number of hydrogen-bond donors (Lipinski definition) is 6. The van der Waals surface area contributed by atoms with Gasteiger partial charge in [0.05, 0.1) is 6.61 Å². The van der Waals surface area contributed by atoms with Gasteiger partial charge in [0, 0.05) is 0 Å². The molecule has 0 saturated heterocycles. The molecular formula is C6H13NaO10S. The van der Waals surface area contributed by atoms with E-state index in [4.69, 9.17) is 43.1 Å². The van der Waals surface area contributed by atoms with E-state index in [-0.39, 0.29) is 35.8 Å². The molecule has 0 spiro atoms. The maximum absolute atomic E-state index is 9.90. The van der Waals surface area contributed by atoms with E-state index >= 15 is 0 Å². The molecule has 0 aromatic heterocycles. The Morgan fingerprint density at radius 1 is 1.11 bits per heavy atom. The molecule has 0 aliphatic heterocycles. The van der Waals surface area contributed by atoms with Crippen LogP contribution in [0.5, 0.6) is 0 Å². The zero-order chi connectivity index (χ0) is 14.2. The molecule has 10 nitrogen and oxygen atoms in total. The second kappa shape index (κ2) is 11.2. The van der Waals surface area contributed by atoms with Crippen molar-refractivity contribution in [1.82, 2.24) is 0 Å². The number of aliphatic hydroxyl groups excluding tert-OH is 5. The van der Waals surface area contributed by atoms with Crippen LogP contribution in [0.15, 0.2) is 0 Å². The first-order chi connectivity index (χ1) is 7.54. The summed E-state index contributed by atoms with van der Waals surface area (Å²) in [5, 5.41) is 43.5. The number of aliphatic hydroxyl groups is 5. The Hall–Kier alpha value is 0.340. The van der Waals surface area contributed by atoms with E-state index in [2.05, 4.69) is 0 Å². The first kappa shape index (κ1) is 23.4. The molecule has 0 unspecified atom stereocenters. The largest absolute Gasteiger partial charge is 1.00 e. The first-order valence-corrected chi connectivity index (χ1v) is 5.37. The molecule has 0 radical (unpaired) electrons. The summed E-state index contributed by atoms with van der Waals surface area (Å²) in [4.78, 5) is 9.90. The number of rotatable bonds is 5. The molecule has 18 heavy (non-hydrogen) atoms. The van der Waals surface area contributed by atoms with Crippen LogP contribution in [0.25, 0.3) is 0 Å². The molecular weight excluding hydrogens is 287 g/mol. The van der Waals surface area contributed by atoms with Crippen LogP contribution in [0.1, 0.15) is 0 Å². The third-order valence-corrected chi connectivity index (χ3v) is 1.42. The van der Waals surface area contributed by atoms with E-state index < -0.39 is 41.4 Å². The zero-order valence-corrected chi connectivity index (χ0v) is 12.1. The Morgan fingerprint density at radius 3 is 1.67 bits per heavy atom. The molecule has 104 valence electrons. The molecule has 0 saturated carbocycles. The molecule has 0 aliphatic rings. The minimum Gasteiger partial charge on any atom is -0.726 e. The van der Waals surface area contributed by atoms with Gasteiger partial charge in [-0.05, 0) is 0 Å². The van der Waals surface area contributed by atoms with Crippen LogP contribution in [0.2, 0.25) is 0 Å². The van der Waals surface area contributed by atoms with E-state index in [0.717, 1.165) is 0 Å². The van der Waals surface area contributed by atoms with E-state index in [1.165, 1.54) is 0 Å². The van der Waals surface area contributed by atoms with Gasteiger partial charge in [-0.2, -0.15) is 0 Å². The third kappa shape index (κ3) is 14.4. The summed E-state index contributed by atoms with van der Waals surface area (Å²) in [7, 11) is -4.92. The Bertz CT molecular complexity index is 297. The fourth-order valence-corrected chi connectivity index (χ4v) is 0.618. The summed E-state index contributed by atoms with van der Waals surface area (Å²) in [6, 6.07) is 0. The molecule has 6 N–H and O–H groups in total. The van der Waals surface area contributed by atoms with Crippen molar-refractivity contribution in [3.05, 3.63) is 0 Å². The molecule has 0 aliphatic carbocycles. The average molecular weight is 300 g/mol. The van der Waals surface area contributed by atoms with Crippen molar-refractivity contribution in [2.75, 3.05) is 6.61 Å². The Kier molecular flexibility index (Phi) is 14.6. The van der Waals surface area contributed by atoms with Gasteiger partial charge in [0.15, 0.2) is 6.29 Å². The maximum atomic E-state index is 9.90. The van der Waals surface area contributed by atoms with E-state index in [1.54, 1.807) is 0 Å². The maximum Gasteiger partial charge on any atom is 1.00 e. The van der Waals surface area contributed by atoms with Crippen LogP contribution >= 0.6 is 0 Å². The van der Waals surface area contributed by atoms with E-state index in [1.807, 2.05) is 0 Å². The molecule has 0 aromatic rings. The third-order valence-electron chi connectivity index (χ3n) is 1.42. The van der Waals surface area contributed by atoms with Crippen LogP contribution in [0.4, 0.5) is 0 Å². The Labute approximate surface area is 125 Å². The van der Waals surface area contributed by atoms with Gasteiger partial charge in [0.2, 0.25) is 10.4 Å².